The summed E-state index contributed by atoms with van der Waals surface area (Å²) in [6.45, 7) is 2.85. The molecule has 1 atom stereocenters. The van der Waals surface area contributed by atoms with Crippen molar-refractivity contribution in [2.75, 3.05) is 7.05 Å². The molecule has 0 fully saturated rings. The van der Waals surface area contributed by atoms with E-state index in [1.165, 1.54) is 16.9 Å². The fraction of sp³-hybridized carbons (Fsp3) is 0.333. The van der Waals surface area contributed by atoms with Crippen LogP contribution in [0.15, 0.2) is 24.3 Å². The molecule has 1 aromatic heterocycles. The molecule has 0 aliphatic carbocycles. The fourth-order valence-corrected chi connectivity index (χ4v) is 2.80. The zero-order chi connectivity index (χ0) is 13.1. The topological polar surface area (TPSA) is 29.0 Å². The van der Waals surface area contributed by atoms with E-state index < -0.39 is 0 Å². The zero-order valence-electron chi connectivity index (χ0n) is 10.1. The Balaban J connectivity index is 2.06. The van der Waals surface area contributed by atoms with E-state index in [4.69, 9.17) is 23.2 Å². The highest BCUT2D eigenvalue weighted by molar-refractivity contribution is 7.15. The van der Waals surface area contributed by atoms with Gasteiger partial charge in [-0.25, -0.2) is 0 Å². The summed E-state index contributed by atoms with van der Waals surface area (Å²) in [6.07, 6.45) is 0. The van der Waals surface area contributed by atoms with Crippen LogP contribution >= 0.6 is 34.5 Å². The predicted molar refractivity (Wildman–Crippen MR) is 76.3 cm³/mol. The Morgan fingerprint density at radius 2 is 2.11 bits per heavy atom. The molecular weight excluding hydrogens is 289 g/mol. The van der Waals surface area contributed by atoms with E-state index in [2.05, 4.69) is 28.1 Å². The average Bonchev–Trinajstić information content (AvgIpc) is 2.73. The van der Waals surface area contributed by atoms with Gasteiger partial charge in [0.15, 0.2) is 0 Å². The Morgan fingerprint density at radius 3 is 2.72 bits per heavy atom. The molecule has 0 aliphatic heterocycles. The molecule has 0 amide bonds. The first kappa shape index (κ1) is 13.7. The molecule has 0 aliphatic rings. The molecule has 0 saturated heterocycles. The quantitative estimate of drug-likeness (QED) is 0.853. The predicted octanol–water partition coefficient (Wildman–Crippen LogP) is 4.04. The summed E-state index contributed by atoms with van der Waals surface area (Å²) < 4.78 is 0.480. The summed E-state index contributed by atoms with van der Waals surface area (Å²) in [7, 11) is 2.04. The maximum atomic E-state index is 6.00. The highest BCUT2D eigenvalue weighted by Crippen LogP contribution is 2.24. The number of hydrogen-bond acceptors (Lipinski definition) is 4. The van der Waals surface area contributed by atoms with Gasteiger partial charge < -0.3 is 0 Å². The second kappa shape index (κ2) is 5.97. The zero-order valence-corrected chi connectivity index (χ0v) is 12.4. The average molecular weight is 302 g/mol. The van der Waals surface area contributed by atoms with Gasteiger partial charge in [0.25, 0.3) is 0 Å². The molecule has 0 N–H and O–H groups in total. The first-order valence-electron chi connectivity index (χ1n) is 5.50. The highest BCUT2D eigenvalue weighted by atomic mass is 35.5. The van der Waals surface area contributed by atoms with Crippen molar-refractivity contribution < 1.29 is 0 Å². The summed E-state index contributed by atoms with van der Waals surface area (Å²) in [5, 5.41) is 9.49. The van der Waals surface area contributed by atoms with Crippen LogP contribution in [0.1, 0.15) is 23.5 Å². The number of halogens is 2. The Kier molecular flexibility index (Phi) is 4.56. The third-order valence-corrected chi connectivity index (χ3v) is 4.06. The van der Waals surface area contributed by atoms with E-state index in [1.807, 2.05) is 25.2 Å². The highest BCUT2D eigenvalue weighted by Gasteiger charge is 2.14. The van der Waals surface area contributed by atoms with Crippen LogP contribution < -0.4 is 0 Å². The van der Waals surface area contributed by atoms with Crippen LogP contribution in [-0.2, 0) is 6.54 Å². The first-order valence-corrected chi connectivity index (χ1v) is 7.07. The van der Waals surface area contributed by atoms with Crippen LogP contribution in [0.25, 0.3) is 0 Å². The van der Waals surface area contributed by atoms with E-state index in [1.54, 1.807) is 0 Å². The van der Waals surface area contributed by atoms with Gasteiger partial charge in [-0.1, -0.05) is 35.1 Å². The summed E-state index contributed by atoms with van der Waals surface area (Å²) >= 11 is 13.2. The molecule has 1 heterocycles. The number of benzene rings is 1. The third kappa shape index (κ3) is 3.42. The van der Waals surface area contributed by atoms with E-state index in [0.29, 0.717) is 4.47 Å². The SMILES string of the molecule is CC(c1cccc(Cl)c1)N(C)Cc1nnc(Cl)s1. The molecule has 6 heteroatoms. The molecule has 2 rings (SSSR count). The summed E-state index contributed by atoms with van der Waals surface area (Å²) in [5.74, 6) is 0. The third-order valence-electron chi connectivity index (χ3n) is 2.82. The Labute approximate surface area is 120 Å². The minimum atomic E-state index is 0.256. The Morgan fingerprint density at radius 1 is 1.33 bits per heavy atom. The first-order chi connectivity index (χ1) is 8.56. The van der Waals surface area contributed by atoms with Gasteiger partial charge in [-0.2, -0.15) is 0 Å². The van der Waals surface area contributed by atoms with Crippen LogP contribution in [0, 0.1) is 0 Å². The van der Waals surface area contributed by atoms with Gasteiger partial charge in [0.1, 0.15) is 5.01 Å². The lowest BCUT2D eigenvalue weighted by Crippen LogP contribution is -2.21. The monoisotopic (exact) mass is 301 g/mol. The van der Waals surface area contributed by atoms with Gasteiger partial charge in [0.2, 0.25) is 4.47 Å². The van der Waals surface area contributed by atoms with Gasteiger partial charge in [0, 0.05) is 11.1 Å². The molecule has 0 bridgehead atoms. The smallest absolute Gasteiger partial charge is 0.207 e. The van der Waals surface area contributed by atoms with Crippen molar-refractivity contribution >= 4 is 34.5 Å². The van der Waals surface area contributed by atoms with Crippen molar-refractivity contribution in [1.29, 1.82) is 0 Å². The molecule has 96 valence electrons. The van der Waals surface area contributed by atoms with Crippen LogP contribution in [0.2, 0.25) is 9.49 Å². The minimum Gasteiger partial charge on any atom is -0.293 e. The van der Waals surface area contributed by atoms with Gasteiger partial charge >= 0.3 is 0 Å². The maximum absolute atomic E-state index is 6.00. The van der Waals surface area contributed by atoms with Gasteiger partial charge in [0.05, 0.1) is 6.54 Å². The second-order valence-electron chi connectivity index (χ2n) is 4.09. The van der Waals surface area contributed by atoms with Crippen molar-refractivity contribution in [3.8, 4) is 0 Å². The molecular formula is C12H13Cl2N3S. The molecule has 0 saturated carbocycles. The van der Waals surface area contributed by atoms with E-state index in [-0.39, 0.29) is 6.04 Å². The minimum absolute atomic E-state index is 0.256. The van der Waals surface area contributed by atoms with E-state index in [0.717, 1.165) is 16.6 Å². The number of rotatable bonds is 4. The largest absolute Gasteiger partial charge is 0.293 e. The molecule has 2 aromatic rings. The van der Waals surface area contributed by atoms with Gasteiger partial charge in [-0.05, 0) is 43.3 Å². The number of aromatic nitrogens is 2. The summed E-state index contributed by atoms with van der Waals surface area (Å²) in [6, 6.07) is 8.15. The lowest BCUT2D eigenvalue weighted by atomic mass is 10.1. The second-order valence-corrected chi connectivity index (χ2v) is 6.18. The van der Waals surface area contributed by atoms with Crippen molar-refractivity contribution in [3.05, 3.63) is 44.3 Å². The normalized spacial score (nSPS) is 12.9. The van der Waals surface area contributed by atoms with Crippen LogP contribution in [0.5, 0.6) is 0 Å². The molecule has 0 radical (unpaired) electrons. The standard InChI is InChI=1S/C12H13Cl2N3S/c1-8(9-4-3-5-10(13)6-9)17(2)7-11-15-16-12(14)18-11/h3-6,8H,7H2,1-2H3. The van der Waals surface area contributed by atoms with Crippen LogP contribution in [-0.4, -0.2) is 22.1 Å². The molecule has 1 aromatic carbocycles. The summed E-state index contributed by atoms with van der Waals surface area (Å²) in [5.41, 5.74) is 1.18. The lowest BCUT2D eigenvalue weighted by Gasteiger charge is -2.24. The van der Waals surface area contributed by atoms with E-state index in [9.17, 15) is 0 Å². The number of hydrogen-bond donors (Lipinski definition) is 0. The van der Waals surface area contributed by atoms with Crippen LogP contribution in [0.4, 0.5) is 0 Å². The van der Waals surface area contributed by atoms with Crippen molar-refractivity contribution in [1.82, 2.24) is 15.1 Å². The van der Waals surface area contributed by atoms with Crippen molar-refractivity contribution in [2.45, 2.75) is 19.5 Å². The van der Waals surface area contributed by atoms with Crippen LogP contribution in [0.3, 0.4) is 0 Å². The molecule has 1 unspecified atom stereocenters. The maximum Gasteiger partial charge on any atom is 0.207 e. The fourth-order valence-electron chi connectivity index (χ4n) is 1.67. The van der Waals surface area contributed by atoms with Gasteiger partial charge in [-0.3, -0.25) is 4.90 Å². The lowest BCUT2D eigenvalue weighted by molar-refractivity contribution is 0.252. The Bertz CT molecular complexity index is 530. The van der Waals surface area contributed by atoms with Crippen molar-refractivity contribution in [2.24, 2.45) is 0 Å². The molecule has 3 nitrogen and oxygen atoms in total. The van der Waals surface area contributed by atoms with Gasteiger partial charge in [-0.15, -0.1) is 10.2 Å². The summed E-state index contributed by atoms with van der Waals surface area (Å²) in [4.78, 5) is 2.18. The number of nitrogens with zero attached hydrogens (tertiary/aromatic N) is 3. The van der Waals surface area contributed by atoms with E-state index >= 15 is 0 Å². The van der Waals surface area contributed by atoms with Crippen molar-refractivity contribution in [3.63, 3.8) is 0 Å². The molecule has 18 heavy (non-hydrogen) atoms. The Hall–Kier alpha value is -0.680. The molecule has 0 spiro atoms.